The lowest BCUT2D eigenvalue weighted by atomic mass is 10.1. The topological polar surface area (TPSA) is 79.0 Å². The molecule has 264 valence electrons. The Morgan fingerprint density at radius 1 is 0.571 bits per heavy atom. The number of benzene rings is 3. The Labute approximate surface area is 294 Å². The Balaban J connectivity index is 1.19. The van der Waals surface area contributed by atoms with Crippen LogP contribution in [0.15, 0.2) is 76.1 Å². The molecule has 7 nitrogen and oxygen atoms in total. The molecule has 0 atom stereocenters. The highest BCUT2D eigenvalue weighted by Crippen LogP contribution is 2.29. The number of unbranched alkanes of at least 4 members (excludes halogenated alkanes) is 14. The fourth-order valence-corrected chi connectivity index (χ4v) is 5.72. The molecule has 0 aliphatic rings. The summed E-state index contributed by atoms with van der Waals surface area (Å²) in [6.07, 6.45) is 22.4. The van der Waals surface area contributed by atoms with Crippen LogP contribution in [0.5, 0.6) is 17.2 Å². The predicted octanol–water partition coefficient (Wildman–Crippen LogP) is 12.2. The minimum atomic E-state index is 0.465. The van der Waals surface area contributed by atoms with Gasteiger partial charge in [-0.25, -0.2) is 0 Å². The van der Waals surface area contributed by atoms with E-state index >= 15 is 0 Å². The maximum atomic E-state index is 6.04. The number of nitrogens with zero attached hydrogens (tertiary/aromatic N) is 3. The lowest BCUT2D eigenvalue weighted by Gasteiger charge is -2.11. The first-order valence-electron chi connectivity index (χ1n) is 18.7. The summed E-state index contributed by atoms with van der Waals surface area (Å²) in [5.41, 5.74) is 3.45. The second kappa shape index (κ2) is 22.5. The molecule has 49 heavy (non-hydrogen) atoms. The van der Waals surface area contributed by atoms with Crippen molar-refractivity contribution in [3.8, 4) is 40.2 Å². The third kappa shape index (κ3) is 13.7. The van der Waals surface area contributed by atoms with Crippen molar-refractivity contribution in [1.82, 2.24) is 10.2 Å². The van der Waals surface area contributed by atoms with Crippen LogP contribution in [0.2, 0.25) is 0 Å². The molecular weight excluding hydrogens is 610 g/mol. The molecule has 3 aromatic carbocycles. The minimum Gasteiger partial charge on any atom is -0.494 e. The molecule has 0 spiro atoms. The van der Waals surface area contributed by atoms with Gasteiger partial charge >= 0.3 is 0 Å². The van der Waals surface area contributed by atoms with Crippen molar-refractivity contribution < 1.29 is 18.6 Å². The standard InChI is InChI=1S/C42H57N3O4/c1-4-6-8-10-12-13-14-15-17-19-31-48-39-29-20-34(32-40(39)46-3)33-43-37-25-21-35(22-26-37)41-44-45-42(49-41)36-23-27-38(28-24-36)47-30-18-16-11-9-7-5-2/h20-29,32-33H,4-19,30-31H2,1-3H3. The summed E-state index contributed by atoms with van der Waals surface area (Å²) in [5.74, 6) is 3.28. The molecule has 0 N–H and O–H groups in total. The normalized spacial score (nSPS) is 11.3. The van der Waals surface area contributed by atoms with E-state index in [1.165, 1.54) is 89.9 Å². The second-order valence-electron chi connectivity index (χ2n) is 12.8. The summed E-state index contributed by atoms with van der Waals surface area (Å²) in [6.45, 7) is 5.95. The van der Waals surface area contributed by atoms with Crippen LogP contribution in [0.1, 0.15) is 122 Å². The van der Waals surface area contributed by atoms with Crippen LogP contribution in [0.25, 0.3) is 22.9 Å². The zero-order valence-corrected chi connectivity index (χ0v) is 30.1. The van der Waals surface area contributed by atoms with E-state index in [1.807, 2.05) is 72.9 Å². The van der Waals surface area contributed by atoms with Gasteiger partial charge in [0.2, 0.25) is 11.8 Å². The maximum Gasteiger partial charge on any atom is 0.248 e. The highest BCUT2D eigenvalue weighted by Gasteiger charge is 2.11. The van der Waals surface area contributed by atoms with Crippen LogP contribution in [0.4, 0.5) is 5.69 Å². The van der Waals surface area contributed by atoms with Crippen molar-refractivity contribution in [2.45, 2.75) is 117 Å². The molecule has 1 heterocycles. The summed E-state index contributed by atoms with van der Waals surface area (Å²) in [6, 6.07) is 21.5. The van der Waals surface area contributed by atoms with E-state index in [4.69, 9.17) is 18.6 Å². The van der Waals surface area contributed by atoms with Crippen LogP contribution >= 0.6 is 0 Å². The highest BCUT2D eigenvalue weighted by molar-refractivity contribution is 5.83. The maximum absolute atomic E-state index is 6.04. The first kappa shape index (κ1) is 37.7. The van der Waals surface area contributed by atoms with Gasteiger partial charge in [0.1, 0.15) is 5.75 Å². The third-order valence-electron chi connectivity index (χ3n) is 8.71. The van der Waals surface area contributed by atoms with Gasteiger partial charge in [-0.2, -0.15) is 0 Å². The SMILES string of the molecule is CCCCCCCCCCCCOc1ccc(C=Nc2ccc(-c3nnc(-c4ccc(OCCCCCCCC)cc4)o3)cc2)cc1OC. The molecule has 0 bridgehead atoms. The first-order chi connectivity index (χ1) is 24.2. The van der Waals surface area contributed by atoms with E-state index in [-0.39, 0.29) is 0 Å². The lowest BCUT2D eigenvalue weighted by molar-refractivity contribution is 0.284. The monoisotopic (exact) mass is 667 g/mol. The van der Waals surface area contributed by atoms with Crippen molar-refractivity contribution >= 4 is 11.9 Å². The molecule has 4 aromatic rings. The van der Waals surface area contributed by atoms with Crippen molar-refractivity contribution in [2.75, 3.05) is 20.3 Å². The van der Waals surface area contributed by atoms with E-state index in [2.05, 4.69) is 29.0 Å². The summed E-state index contributed by atoms with van der Waals surface area (Å²) in [4.78, 5) is 4.65. The summed E-state index contributed by atoms with van der Waals surface area (Å²) < 4.78 is 23.5. The molecular formula is C42H57N3O4. The smallest absolute Gasteiger partial charge is 0.248 e. The molecule has 7 heteroatoms. The molecule has 0 radical (unpaired) electrons. The fourth-order valence-electron chi connectivity index (χ4n) is 5.72. The second-order valence-corrected chi connectivity index (χ2v) is 12.8. The van der Waals surface area contributed by atoms with Gasteiger partial charge < -0.3 is 18.6 Å². The zero-order chi connectivity index (χ0) is 34.4. The van der Waals surface area contributed by atoms with Gasteiger partial charge in [0.05, 0.1) is 26.0 Å². The van der Waals surface area contributed by atoms with Gasteiger partial charge in [0.25, 0.3) is 0 Å². The van der Waals surface area contributed by atoms with Crippen molar-refractivity contribution in [3.63, 3.8) is 0 Å². The Bertz CT molecular complexity index is 1480. The van der Waals surface area contributed by atoms with E-state index < -0.39 is 0 Å². The quantitative estimate of drug-likeness (QED) is 0.0517. The third-order valence-corrected chi connectivity index (χ3v) is 8.71. The van der Waals surface area contributed by atoms with Crippen molar-refractivity contribution in [3.05, 3.63) is 72.3 Å². The number of rotatable bonds is 25. The predicted molar refractivity (Wildman–Crippen MR) is 202 cm³/mol. The largest absolute Gasteiger partial charge is 0.494 e. The van der Waals surface area contributed by atoms with Crippen molar-refractivity contribution in [2.24, 2.45) is 4.99 Å². The van der Waals surface area contributed by atoms with Gasteiger partial charge in [-0.05, 0) is 85.1 Å². The summed E-state index contributed by atoms with van der Waals surface area (Å²) >= 11 is 0. The first-order valence-corrected chi connectivity index (χ1v) is 18.7. The zero-order valence-electron chi connectivity index (χ0n) is 30.1. The Hall–Kier alpha value is -4.13. The Kier molecular flexibility index (Phi) is 17.3. The lowest BCUT2D eigenvalue weighted by Crippen LogP contribution is -2.00. The molecule has 0 aliphatic heterocycles. The molecule has 4 rings (SSSR count). The van der Waals surface area contributed by atoms with Crippen LogP contribution < -0.4 is 14.2 Å². The molecule has 0 fully saturated rings. The average molecular weight is 668 g/mol. The number of methoxy groups -OCH3 is 1. The van der Waals surface area contributed by atoms with E-state index in [1.54, 1.807) is 7.11 Å². The van der Waals surface area contributed by atoms with E-state index in [9.17, 15) is 0 Å². The van der Waals surface area contributed by atoms with Crippen LogP contribution in [-0.4, -0.2) is 36.7 Å². The number of hydrogen-bond donors (Lipinski definition) is 0. The number of ether oxygens (including phenoxy) is 3. The van der Waals surface area contributed by atoms with E-state index in [0.717, 1.165) is 53.3 Å². The summed E-state index contributed by atoms with van der Waals surface area (Å²) in [7, 11) is 1.67. The molecule has 0 saturated carbocycles. The summed E-state index contributed by atoms with van der Waals surface area (Å²) in [5, 5.41) is 8.53. The Morgan fingerprint density at radius 2 is 1.08 bits per heavy atom. The van der Waals surface area contributed by atoms with Gasteiger partial charge in [0, 0.05) is 17.3 Å². The Morgan fingerprint density at radius 3 is 1.63 bits per heavy atom. The van der Waals surface area contributed by atoms with Gasteiger partial charge in [-0.15, -0.1) is 10.2 Å². The van der Waals surface area contributed by atoms with Crippen LogP contribution in [0.3, 0.4) is 0 Å². The van der Waals surface area contributed by atoms with E-state index in [0.29, 0.717) is 24.1 Å². The molecule has 0 amide bonds. The van der Waals surface area contributed by atoms with Crippen LogP contribution in [-0.2, 0) is 0 Å². The number of aliphatic imine (C=N–C) groups is 1. The molecule has 1 aromatic heterocycles. The number of aromatic nitrogens is 2. The molecule has 0 aliphatic carbocycles. The molecule has 0 unspecified atom stereocenters. The van der Waals surface area contributed by atoms with Crippen LogP contribution in [0, 0.1) is 0 Å². The molecule has 0 saturated heterocycles. The fraction of sp³-hybridized carbons (Fsp3) is 0.500. The minimum absolute atomic E-state index is 0.465. The average Bonchev–Trinajstić information content (AvgIpc) is 3.64. The van der Waals surface area contributed by atoms with Gasteiger partial charge in [-0.1, -0.05) is 104 Å². The highest BCUT2D eigenvalue weighted by atomic mass is 16.5. The van der Waals surface area contributed by atoms with Crippen molar-refractivity contribution in [1.29, 1.82) is 0 Å². The van der Waals surface area contributed by atoms with Gasteiger partial charge in [-0.3, -0.25) is 4.99 Å². The van der Waals surface area contributed by atoms with Gasteiger partial charge in [0.15, 0.2) is 11.5 Å². The number of hydrogen-bond acceptors (Lipinski definition) is 7.